The minimum atomic E-state index is 0. The Morgan fingerprint density at radius 2 is 1.93 bits per heavy atom. The molecule has 1 aliphatic heterocycles. The molecule has 0 spiro atoms. The Morgan fingerprint density at radius 1 is 1.22 bits per heavy atom. The molecule has 1 saturated heterocycles. The molecule has 0 amide bonds. The number of aliphatic imine (C=N–C) groups is 1. The minimum Gasteiger partial charge on any atom is -0.357 e. The SMILES string of the molecule is CCNC(=NCc1noc(C)n1)N1CCN(Cc2ccc(Cl)cc2)CC1.I. The number of aromatic nitrogens is 2. The molecule has 2 heterocycles. The van der Waals surface area contributed by atoms with E-state index in [0.717, 1.165) is 50.3 Å². The maximum Gasteiger partial charge on any atom is 0.223 e. The minimum absolute atomic E-state index is 0. The van der Waals surface area contributed by atoms with Crippen molar-refractivity contribution in [2.75, 3.05) is 32.7 Å². The molecular formula is C18H26ClIN6O. The van der Waals surface area contributed by atoms with Crippen molar-refractivity contribution in [1.29, 1.82) is 0 Å². The molecule has 1 N–H and O–H groups in total. The van der Waals surface area contributed by atoms with Crippen LogP contribution in [-0.4, -0.2) is 58.6 Å². The molecule has 9 heteroatoms. The molecule has 0 saturated carbocycles. The molecule has 1 fully saturated rings. The van der Waals surface area contributed by atoms with Crippen molar-refractivity contribution >= 4 is 41.5 Å². The molecule has 0 atom stereocenters. The van der Waals surface area contributed by atoms with E-state index in [1.807, 2.05) is 12.1 Å². The van der Waals surface area contributed by atoms with Crippen molar-refractivity contribution < 1.29 is 4.52 Å². The van der Waals surface area contributed by atoms with Gasteiger partial charge in [0.2, 0.25) is 5.89 Å². The summed E-state index contributed by atoms with van der Waals surface area (Å²) in [5.74, 6) is 2.08. The Labute approximate surface area is 182 Å². The third-order valence-electron chi connectivity index (χ3n) is 4.27. The van der Waals surface area contributed by atoms with Crippen molar-refractivity contribution in [3.8, 4) is 0 Å². The van der Waals surface area contributed by atoms with Crippen molar-refractivity contribution in [3.05, 3.63) is 46.6 Å². The van der Waals surface area contributed by atoms with Gasteiger partial charge in [-0.25, -0.2) is 4.99 Å². The van der Waals surface area contributed by atoms with E-state index in [1.165, 1.54) is 5.56 Å². The van der Waals surface area contributed by atoms with Gasteiger partial charge in [-0.3, -0.25) is 4.90 Å². The monoisotopic (exact) mass is 504 g/mol. The van der Waals surface area contributed by atoms with E-state index < -0.39 is 0 Å². The number of rotatable bonds is 5. The summed E-state index contributed by atoms with van der Waals surface area (Å²) in [6.45, 7) is 9.91. The standard InChI is InChI=1S/C18H25ClN6O.HI/c1-3-20-18(21-12-17-22-14(2)26-23-17)25-10-8-24(9-11-25)13-15-4-6-16(19)7-5-15;/h4-7H,3,8-13H2,1-2H3,(H,20,21);1H. The summed E-state index contributed by atoms with van der Waals surface area (Å²) in [4.78, 5) is 13.6. The van der Waals surface area contributed by atoms with Crippen molar-refractivity contribution in [3.63, 3.8) is 0 Å². The van der Waals surface area contributed by atoms with E-state index in [2.05, 4.69) is 49.3 Å². The Balaban J connectivity index is 0.00000261. The second-order valence-electron chi connectivity index (χ2n) is 6.29. The van der Waals surface area contributed by atoms with Crippen molar-refractivity contribution in [1.82, 2.24) is 25.3 Å². The highest BCUT2D eigenvalue weighted by molar-refractivity contribution is 14.0. The maximum absolute atomic E-state index is 5.96. The first-order valence-corrected chi connectivity index (χ1v) is 9.31. The van der Waals surface area contributed by atoms with Gasteiger partial charge in [0.1, 0.15) is 6.54 Å². The third kappa shape index (κ3) is 6.62. The summed E-state index contributed by atoms with van der Waals surface area (Å²) < 4.78 is 5.00. The van der Waals surface area contributed by atoms with Crippen LogP contribution < -0.4 is 5.32 Å². The second-order valence-corrected chi connectivity index (χ2v) is 6.73. The maximum atomic E-state index is 5.96. The summed E-state index contributed by atoms with van der Waals surface area (Å²) in [6.07, 6.45) is 0. The van der Waals surface area contributed by atoms with Crippen LogP contribution in [0, 0.1) is 6.92 Å². The van der Waals surface area contributed by atoms with Gasteiger partial charge in [-0.1, -0.05) is 28.9 Å². The number of aryl methyl sites for hydroxylation is 1. The summed E-state index contributed by atoms with van der Waals surface area (Å²) in [5.41, 5.74) is 1.29. The molecule has 7 nitrogen and oxygen atoms in total. The Morgan fingerprint density at radius 3 is 2.52 bits per heavy atom. The molecule has 1 aromatic carbocycles. The lowest BCUT2D eigenvalue weighted by atomic mass is 10.2. The lowest BCUT2D eigenvalue weighted by molar-refractivity contribution is 0.172. The zero-order chi connectivity index (χ0) is 18.4. The summed E-state index contributed by atoms with van der Waals surface area (Å²) in [5, 5.41) is 8.04. The van der Waals surface area contributed by atoms with Crippen LogP contribution in [0.5, 0.6) is 0 Å². The van der Waals surface area contributed by atoms with E-state index in [-0.39, 0.29) is 24.0 Å². The predicted molar refractivity (Wildman–Crippen MR) is 118 cm³/mol. The highest BCUT2D eigenvalue weighted by Gasteiger charge is 2.19. The fourth-order valence-corrected chi connectivity index (χ4v) is 3.07. The molecule has 0 unspecified atom stereocenters. The summed E-state index contributed by atoms with van der Waals surface area (Å²) in [7, 11) is 0. The van der Waals surface area contributed by atoms with E-state index in [1.54, 1.807) is 6.92 Å². The summed E-state index contributed by atoms with van der Waals surface area (Å²) in [6, 6.07) is 8.08. The van der Waals surface area contributed by atoms with E-state index in [0.29, 0.717) is 18.3 Å². The number of hydrogen-bond donors (Lipinski definition) is 1. The molecule has 148 valence electrons. The quantitative estimate of drug-likeness (QED) is 0.384. The lowest BCUT2D eigenvalue weighted by Crippen LogP contribution is -2.52. The van der Waals surface area contributed by atoms with Crippen LogP contribution in [-0.2, 0) is 13.1 Å². The molecule has 0 bridgehead atoms. The fraction of sp³-hybridized carbons (Fsp3) is 0.500. The average molecular weight is 505 g/mol. The van der Waals surface area contributed by atoms with E-state index in [4.69, 9.17) is 16.1 Å². The molecule has 2 aromatic rings. The van der Waals surface area contributed by atoms with Crippen molar-refractivity contribution in [2.24, 2.45) is 4.99 Å². The highest BCUT2D eigenvalue weighted by atomic mass is 127. The van der Waals surface area contributed by atoms with Gasteiger partial charge in [0.05, 0.1) is 0 Å². The Bertz CT molecular complexity index is 728. The summed E-state index contributed by atoms with van der Waals surface area (Å²) >= 11 is 5.96. The number of piperazine rings is 1. The zero-order valence-corrected chi connectivity index (χ0v) is 18.8. The molecule has 0 radical (unpaired) electrons. The topological polar surface area (TPSA) is 69.8 Å². The van der Waals surface area contributed by atoms with Crippen LogP contribution in [0.25, 0.3) is 0 Å². The van der Waals surface area contributed by atoms with Gasteiger partial charge < -0.3 is 14.7 Å². The normalized spacial score (nSPS) is 15.5. The Kier molecular flexibility index (Phi) is 8.78. The largest absolute Gasteiger partial charge is 0.357 e. The Hall–Kier alpha value is -1.39. The third-order valence-corrected chi connectivity index (χ3v) is 4.52. The number of benzene rings is 1. The van der Waals surface area contributed by atoms with Crippen LogP contribution in [0.1, 0.15) is 24.2 Å². The van der Waals surface area contributed by atoms with Crippen LogP contribution in [0.3, 0.4) is 0 Å². The number of nitrogens with zero attached hydrogens (tertiary/aromatic N) is 5. The van der Waals surface area contributed by atoms with Crippen LogP contribution in [0.2, 0.25) is 5.02 Å². The average Bonchev–Trinajstić information content (AvgIpc) is 3.07. The first-order chi connectivity index (χ1) is 12.6. The highest BCUT2D eigenvalue weighted by Crippen LogP contribution is 2.13. The van der Waals surface area contributed by atoms with Gasteiger partial charge in [-0.2, -0.15) is 4.98 Å². The molecule has 1 aromatic heterocycles. The van der Waals surface area contributed by atoms with Gasteiger partial charge in [0.15, 0.2) is 11.8 Å². The first kappa shape index (κ1) is 21.9. The van der Waals surface area contributed by atoms with Crippen LogP contribution in [0.15, 0.2) is 33.8 Å². The predicted octanol–water partition coefficient (Wildman–Crippen LogP) is 2.93. The molecule has 27 heavy (non-hydrogen) atoms. The molecule has 0 aliphatic carbocycles. The zero-order valence-electron chi connectivity index (χ0n) is 15.7. The number of hydrogen-bond acceptors (Lipinski definition) is 5. The number of guanidine groups is 1. The second kappa shape index (κ2) is 10.8. The smallest absolute Gasteiger partial charge is 0.223 e. The molecule has 3 rings (SSSR count). The number of halogens is 2. The van der Waals surface area contributed by atoms with Crippen molar-refractivity contribution in [2.45, 2.75) is 26.9 Å². The van der Waals surface area contributed by atoms with Gasteiger partial charge in [-0.15, -0.1) is 24.0 Å². The molecular weight excluding hydrogens is 479 g/mol. The van der Waals surface area contributed by atoms with Gasteiger partial charge in [-0.05, 0) is 24.6 Å². The van der Waals surface area contributed by atoms with Crippen LogP contribution in [0.4, 0.5) is 0 Å². The first-order valence-electron chi connectivity index (χ1n) is 8.93. The lowest BCUT2D eigenvalue weighted by Gasteiger charge is -2.36. The van der Waals surface area contributed by atoms with Gasteiger partial charge >= 0.3 is 0 Å². The van der Waals surface area contributed by atoms with Gasteiger partial charge in [0.25, 0.3) is 0 Å². The molecule has 1 aliphatic rings. The number of nitrogens with one attached hydrogen (secondary N) is 1. The van der Waals surface area contributed by atoms with Gasteiger partial charge in [0, 0.05) is 51.2 Å². The van der Waals surface area contributed by atoms with E-state index in [9.17, 15) is 0 Å². The fourth-order valence-electron chi connectivity index (χ4n) is 2.94. The van der Waals surface area contributed by atoms with Crippen LogP contribution >= 0.6 is 35.6 Å². The van der Waals surface area contributed by atoms with E-state index >= 15 is 0 Å².